The lowest BCUT2D eigenvalue weighted by molar-refractivity contribution is -0.117. The van der Waals surface area contributed by atoms with Gasteiger partial charge in [-0.3, -0.25) is 10.1 Å². The van der Waals surface area contributed by atoms with Crippen LogP contribution < -0.4 is 16.4 Å². The van der Waals surface area contributed by atoms with Gasteiger partial charge in [0.15, 0.2) is 0 Å². The number of carbonyl (C=O) groups excluding carboxylic acids is 2. The molecule has 0 radical (unpaired) electrons. The topological polar surface area (TPSA) is 93.5 Å². The molecule has 6 nitrogen and oxygen atoms in total. The van der Waals surface area contributed by atoms with Crippen molar-refractivity contribution in [3.8, 4) is 0 Å². The highest BCUT2D eigenvalue weighted by molar-refractivity contribution is 5.92. The first-order valence-electron chi connectivity index (χ1n) is 5.84. The largest absolute Gasteiger partial charge is 0.453 e. The Labute approximate surface area is 112 Å². The molecule has 4 N–H and O–H groups in total. The van der Waals surface area contributed by atoms with Crippen LogP contribution in [0.2, 0.25) is 0 Å². The van der Waals surface area contributed by atoms with Crippen LogP contribution in [0.1, 0.15) is 20.3 Å². The lowest BCUT2D eigenvalue weighted by Crippen LogP contribution is -2.36. The van der Waals surface area contributed by atoms with Gasteiger partial charge in [-0.05, 0) is 32.0 Å². The standard InChI is InChI=1S/C13H19N3O3/c1-13(2,14)8-11(17)15-9-5-4-6-10(7-9)16-12(18)19-3/h4-7H,8,14H2,1-3H3,(H,15,17)(H,16,18). The van der Waals surface area contributed by atoms with E-state index in [0.29, 0.717) is 11.4 Å². The highest BCUT2D eigenvalue weighted by Gasteiger charge is 2.16. The minimum absolute atomic E-state index is 0.178. The minimum atomic E-state index is -0.564. The van der Waals surface area contributed by atoms with E-state index < -0.39 is 11.6 Å². The molecule has 0 aliphatic rings. The Morgan fingerprint density at radius 3 is 2.37 bits per heavy atom. The first-order valence-corrected chi connectivity index (χ1v) is 5.84. The first kappa shape index (κ1) is 15.0. The fourth-order valence-corrected chi connectivity index (χ4v) is 1.46. The van der Waals surface area contributed by atoms with Crippen molar-refractivity contribution in [1.29, 1.82) is 0 Å². The van der Waals surface area contributed by atoms with Crippen molar-refractivity contribution < 1.29 is 14.3 Å². The summed E-state index contributed by atoms with van der Waals surface area (Å²) in [6, 6.07) is 6.77. The maximum absolute atomic E-state index is 11.7. The van der Waals surface area contributed by atoms with E-state index in [1.54, 1.807) is 38.1 Å². The molecule has 1 rings (SSSR count). The van der Waals surface area contributed by atoms with Crippen molar-refractivity contribution >= 4 is 23.4 Å². The number of benzene rings is 1. The summed E-state index contributed by atoms with van der Waals surface area (Å²) in [4.78, 5) is 22.8. The van der Waals surface area contributed by atoms with Crippen molar-refractivity contribution in [2.45, 2.75) is 25.8 Å². The number of anilines is 2. The number of rotatable bonds is 4. The highest BCUT2D eigenvalue weighted by atomic mass is 16.5. The zero-order chi connectivity index (χ0) is 14.5. The second-order valence-electron chi connectivity index (χ2n) is 4.91. The Balaban J connectivity index is 2.67. The average Bonchev–Trinajstić information content (AvgIpc) is 2.26. The number of carbonyl (C=O) groups is 2. The van der Waals surface area contributed by atoms with Gasteiger partial charge in [0, 0.05) is 23.3 Å². The van der Waals surface area contributed by atoms with E-state index in [2.05, 4.69) is 15.4 Å². The van der Waals surface area contributed by atoms with E-state index in [1.165, 1.54) is 7.11 Å². The predicted molar refractivity (Wildman–Crippen MR) is 74.0 cm³/mol. The maximum Gasteiger partial charge on any atom is 0.411 e. The van der Waals surface area contributed by atoms with Crippen LogP contribution in [-0.2, 0) is 9.53 Å². The smallest absolute Gasteiger partial charge is 0.411 e. The van der Waals surface area contributed by atoms with Crippen molar-refractivity contribution in [3.63, 3.8) is 0 Å². The molecule has 19 heavy (non-hydrogen) atoms. The fraction of sp³-hybridized carbons (Fsp3) is 0.385. The quantitative estimate of drug-likeness (QED) is 0.775. The molecule has 1 aromatic rings. The molecule has 0 heterocycles. The number of amides is 2. The molecule has 0 fully saturated rings. The molecule has 0 saturated carbocycles. The summed E-state index contributed by atoms with van der Waals surface area (Å²) in [5, 5.41) is 5.24. The molecule has 0 bridgehead atoms. The average molecular weight is 265 g/mol. The molecule has 0 aromatic heterocycles. The van der Waals surface area contributed by atoms with E-state index in [0.717, 1.165) is 0 Å². The van der Waals surface area contributed by atoms with Crippen LogP contribution in [-0.4, -0.2) is 24.6 Å². The minimum Gasteiger partial charge on any atom is -0.453 e. The second kappa shape index (κ2) is 6.19. The number of ether oxygens (including phenoxy) is 1. The van der Waals surface area contributed by atoms with E-state index in [1.807, 2.05) is 0 Å². The summed E-state index contributed by atoms with van der Waals surface area (Å²) >= 11 is 0. The van der Waals surface area contributed by atoms with Crippen molar-refractivity contribution in [3.05, 3.63) is 24.3 Å². The summed E-state index contributed by atoms with van der Waals surface area (Å²) in [5.74, 6) is -0.178. The van der Waals surface area contributed by atoms with Crippen LogP contribution in [0.3, 0.4) is 0 Å². The Morgan fingerprint density at radius 2 is 1.84 bits per heavy atom. The molecular formula is C13H19N3O3. The number of methoxy groups -OCH3 is 1. The normalized spacial score (nSPS) is 10.7. The number of nitrogens with one attached hydrogen (secondary N) is 2. The fourth-order valence-electron chi connectivity index (χ4n) is 1.46. The summed E-state index contributed by atoms with van der Waals surface area (Å²) in [6.07, 6.45) is -0.353. The summed E-state index contributed by atoms with van der Waals surface area (Å²) in [6.45, 7) is 3.56. The molecule has 0 saturated heterocycles. The van der Waals surface area contributed by atoms with Crippen molar-refractivity contribution in [2.75, 3.05) is 17.7 Å². The van der Waals surface area contributed by atoms with Gasteiger partial charge in [0.05, 0.1) is 7.11 Å². The van der Waals surface area contributed by atoms with Gasteiger partial charge in [0.25, 0.3) is 0 Å². The van der Waals surface area contributed by atoms with Crippen molar-refractivity contribution in [2.24, 2.45) is 5.73 Å². The Hall–Kier alpha value is -2.08. The second-order valence-corrected chi connectivity index (χ2v) is 4.91. The van der Waals surface area contributed by atoms with Crippen LogP contribution in [0.15, 0.2) is 24.3 Å². The monoisotopic (exact) mass is 265 g/mol. The van der Waals surface area contributed by atoms with E-state index in [9.17, 15) is 9.59 Å². The van der Waals surface area contributed by atoms with E-state index in [4.69, 9.17) is 5.73 Å². The molecule has 0 aliphatic heterocycles. The Kier molecular flexibility index (Phi) is 4.88. The summed E-state index contributed by atoms with van der Waals surface area (Å²) < 4.78 is 4.49. The molecule has 104 valence electrons. The van der Waals surface area contributed by atoms with E-state index in [-0.39, 0.29) is 12.3 Å². The van der Waals surface area contributed by atoms with Crippen LogP contribution >= 0.6 is 0 Å². The molecule has 0 aliphatic carbocycles. The molecule has 1 aromatic carbocycles. The van der Waals surface area contributed by atoms with Crippen molar-refractivity contribution in [1.82, 2.24) is 0 Å². The summed E-state index contributed by atoms with van der Waals surface area (Å²) in [7, 11) is 1.28. The van der Waals surface area contributed by atoms with Gasteiger partial charge in [-0.2, -0.15) is 0 Å². The third-order valence-electron chi connectivity index (χ3n) is 2.19. The molecule has 6 heteroatoms. The summed E-state index contributed by atoms with van der Waals surface area (Å²) in [5.41, 5.74) is 6.33. The van der Waals surface area contributed by atoms with Gasteiger partial charge in [0.2, 0.25) is 5.91 Å². The molecule has 0 atom stereocenters. The highest BCUT2D eigenvalue weighted by Crippen LogP contribution is 2.16. The molecule has 0 spiro atoms. The van der Waals surface area contributed by atoms with Gasteiger partial charge >= 0.3 is 6.09 Å². The van der Waals surface area contributed by atoms with Gasteiger partial charge in [0.1, 0.15) is 0 Å². The zero-order valence-corrected chi connectivity index (χ0v) is 11.3. The molecule has 0 unspecified atom stereocenters. The van der Waals surface area contributed by atoms with Gasteiger partial charge in [-0.1, -0.05) is 6.07 Å². The van der Waals surface area contributed by atoms with E-state index >= 15 is 0 Å². The number of hydrogen-bond acceptors (Lipinski definition) is 4. The predicted octanol–water partition coefficient (Wildman–Crippen LogP) is 1.93. The Morgan fingerprint density at radius 1 is 1.26 bits per heavy atom. The Bertz CT molecular complexity index is 466. The van der Waals surface area contributed by atoms with Crippen LogP contribution in [0, 0.1) is 0 Å². The van der Waals surface area contributed by atoms with Gasteiger partial charge < -0.3 is 15.8 Å². The third kappa shape index (κ3) is 5.87. The lowest BCUT2D eigenvalue weighted by atomic mass is 10.0. The van der Waals surface area contributed by atoms with Crippen LogP contribution in [0.4, 0.5) is 16.2 Å². The number of hydrogen-bond donors (Lipinski definition) is 3. The molecule has 2 amide bonds. The maximum atomic E-state index is 11.7. The van der Waals surface area contributed by atoms with Crippen LogP contribution in [0.25, 0.3) is 0 Å². The first-order chi connectivity index (χ1) is 8.80. The lowest BCUT2D eigenvalue weighted by Gasteiger charge is -2.17. The van der Waals surface area contributed by atoms with Gasteiger partial charge in [-0.15, -0.1) is 0 Å². The molecular weight excluding hydrogens is 246 g/mol. The third-order valence-corrected chi connectivity index (χ3v) is 2.19. The number of nitrogens with two attached hydrogens (primary N) is 1. The zero-order valence-electron chi connectivity index (χ0n) is 11.3. The van der Waals surface area contributed by atoms with Crippen LogP contribution in [0.5, 0.6) is 0 Å². The van der Waals surface area contributed by atoms with Gasteiger partial charge in [-0.25, -0.2) is 4.79 Å². The SMILES string of the molecule is COC(=O)Nc1cccc(NC(=O)CC(C)(C)N)c1.